The highest BCUT2D eigenvalue weighted by atomic mass is 16.5. The minimum Gasteiger partial charge on any atom is -0.381 e. The molecule has 1 saturated heterocycles. The maximum absolute atomic E-state index is 5.44. The lowest BCUT2D eigenvalue weighted by Crippen LogP contribution is -2.43. The van der Waals surface area contributed by atoms with Crippen molar-refractivity contribution in [3.63, 3.8) is 0 Å². The van der Waals surface area contributed by atoms with Crippen molar-refractivity contribution in [1.82, 2.24) is 10.2 Å². The van der Waals surface area contributed by atoms with Gasteiger partial charge in [0, 0.05) is 32.8 Å². The number of rotatable bonds is 3. The van der Waals surface area contributed by atoms with Gasteiger partial charge in [-0.05, 0) is 36.9 Å². The summed E-state index contributed by atoms with van der Waals surface area (Å²) in [4.78, 5) is 2.58. The van der Waals surface area contributed by atoms with E-state index in [0.717, 1.165) is 13.1 Å². The average Bonchev–Trinajstić information content (AvgIpc) is 2.48. The van der Waals surface area contributed by atoms with E-state index in [1.807, 2.05) is 7.11 Å². The van der Waals surface area contributed by atoms with Crippen LogP contribution in [0.3, 0.4) is 0 Å². The number of hydrogen-bond donors (Lipinski definition) is 1. The molecule has 104 valence electrons. The third kappa shape index (κ3) is 2.99. The standard InChI is InChI=1S/C16H24N2O/c1-19-14-7-10-18(11-8-14)12-16-15-5-3-2-4-13(15)6-9-17-16/h2-5,14,16-17H,6-12H2,1H3. The summed E-state index contributed by atoms with van der Waals surface area (Å²) in [7, 11) is 1.83. The molecule has 1 N–H and O–H groups in total. The summed E-state index contributed by atoms with van der Waals surface area (Å²) >= 11 is 0. The molecular formula is C16H24N2O. The summed E-state index contributed by atoms with van der Waals surface area (Å²) in [5.41, 5.74) is 3.03. The molecule has 19 heavy (non-hydrogen) atoms. The second kappa shape index (κ2) is 6.04. The van der Waals surface area contributed by atoms with Crippen LogP contribution in [0.2, 0.25) is 0 Å². The predicted octanol–water partition coefficient (Wildman–Crippen LogP) is 1.98. The van der Waals surface area contributed by atoms with Crippen LogP contribution in [0.1, 0.15) is 30.0 Å². The second-order valence-corrected chi connectivity index (χ2v) is 5.69. The quantitative estimate of drug-likeness (QED) is 0.899. The third-order valence-corrected chi connectivity index (χ3v) is 4.52. The minimum absolute atomic E-state index is 0.475. The van der Waals surface area contributed by atoms with Crippen LogP contribution in [0.5, 0.6) is 0 Å². The molecule has 1 fully saturated rings. The molecule has 2 aliphatic rings. The summed E-state index contributed by atoms with van der Waals surface area (Å²) in [6.07, 6.45) is 3.98. The first-order valence-electron chi connectivity index (χ1n) is 7.43. The number of likely N-dealkylation sites (tertiary alicyclic amines) is 1. The van der Waals surface area contributed by atoms with Crippen LogP contribution in [0, 0.1) is 0 Å². The van der Waals surface area contributed by atoms with Gasteiger partial charge in [-0.2, -0.15) is 0 Å². The van der Waals surface area contributed by atoms with E-state index in [0.29, 0.717) is 12.1 Å². The third-order valence-electron chi connectivity index (χ3n) is 4.52. The van der Waals surface area contributed by atoms with Gasteiger partial charge in [0.2, 0.25) is 0 Å². The molecule has 2 aliphatic heterocycles. The van der Waals surface area contributed by atoms with Crippen LogP contribution in [0.15, 0.2) is 24.3 Å². The largest absolute Gasteiger partial charge is 0.381 e. The number of nitrogens with zero attached hydrogens (tertiary/aromatic N) is 1. The fourth-order valence-electron chi connectivity index (χ4n) is 3.34. The summed E-state index contributed by atoms with van der Waals surface area (Å²) in [5, 5.41) is 3.67. The molecular weight excluding hydrogens is 236 g/mol. The van der Waals surface area contributed by atoms with Crippen LogP contribution in [-0.2, 0) is 11.2 Å². The Morgan fingerprint density at radius 2 is 2.05 bits per heavy atom. The topological polar surface area (TPSA) is 24.5 Å². The Kier molecular flexibility index (Phi) is 4.16. The first kappa shape index (κ1) is 13.1. The molecule has 3 nitrogen and oxygen atoms in total. The van der Waals surface area contributed by atoms with Crippen LogP contribution in [-0.4, -0.2) is 44.3 Å². The summed E-state index contributed by atoms with van der Waals surface area (Å²) in [5.74, 6) is 0. The summed E-state index contributed by atoms with van der Waals surface area (Å²) in [6, 6.07) is 9.39. The Morgan fingerprint density at radius 1 is 1.26 bits per heavy atom. The van der Waals surface area contributed by atoms with Crippen LogP contribution in [0.25, 0.3) is 0 Å². The van der Waals surface area contributed by atoms with Gasteiger partial charge in [0.05, 0.1) is 6.10 Å². The molecule has 1 atom stereocenters. The molecule has 1 aromatic carbocycles. The Morgan fingerprint density at radius 3 is 2.84 bits per heavy atom. The average molecular weight is 260 g/mol. The summed E-state index contributed by atoms with van der Waals surface area (Å²) in [6.45, 7) is 4.57. The zero-order chi connectivity index (χ0) is 13.1. The van der Waals surface area contributed by atoms with Crippen LogP contribution < -0.4 is 5.32 Å². The molecule has 0 bridgehead atoms. The zero-order valence-corrected chi connectivity index (χ0v) is 11.8. The first-order chi connectivity index (χ1) is 9.36. The molecule has 3 heteroatoms. The van der Waals surface area contributed by atoms with E-state index in [1.165, 1.54) is 43.5 Å². The van der Waals surface area contributed by atoms with E-state index in [9.17, 15) is 0 Å². The molecule has 2 heterocycles. The van der Waals surface area contributed by atoms with Crippen molar-refractivity contribution in [2.24, 2.45) is 0 Å². The first-order valence-corrected chi connectivity index (χ1v) is 7.43. The molecule has 0 radical (unpaired) electrons. The van der Waals surface area contributed by atoms with E-state index in [2.05, 4.69) is 34.5 Å². The number of benzene rings is 1. The fourth-order valence-corrected chi connectivity index (χ4v) is 3.34. The van der Waals surface area contributed by atoms with E-state index in [-0.39, 0.29) is 0 Å². The molecule has 0 amide bonds. The highest BCUT2D eigenvalue weighted by Gasteiger charge is 2.24. The smallest absolute Gasteiger partial charge is 0.0595 e. The van der Waals surface area contributed by atoms with E-state index >= 15 is 0 Å². The number of methoxy groups -OCH3 is 1. The van der Waals surface area contributed by atoms with E-state index < -0.39 is 0 Å². The van der Waals surface area contributed by atoms with Gasteiger partial charge in [0.25, 0.3) is 0 Å². The zero-order valence-electron chi connectivity index (χ0n) is 11.8. The van der Waals surface area contributed by atoms with E-state index in [1.54, 1.807) is 0 Å². The fraction of sp³-hybridized carbons (Fsp3) is 0.625. The number of fused-ring (bicyclic) bond motifs is 1. The monoisotopic (exact) mass is 260 g/mol. The van der Waals surface area contributed by atoms with Crippen LogP contribution >= 0.6 is 0 Å². The molecule has 0 spiro atoms. The number of ether oxygens (including phenoxy) is 1. The van der Waals surface area contributed by atoms with Gasteiger partial charge < -0.3 is 15.0 Å². The molecule has 0 saturated carbocycles. The number of nitrogens with one attached hydrogen (secondary N) is 1. The van der Waals surface area contributed by atoms with Gasteiger partial charge in [-0.15, -0.1) is 0 Å². The van der Waals surface area contributed by atoms with Gasteiger partial charge in [-0.3, -0.25) is 0 Å². The van der Waals surface area contributed by atoms with Gasteiger partial charge in [-0.1, -0.05) is 24.3 Å². The van der Waals surface area contributed by atoms with Gasteiger partial charge in [0.15, 0.2) is 0 Å². The molecule has 3 rings (SSSR count). The Labute approximate surface area is 115 Å². The van der Waals surface area contributed by atoms with Crippen LogP contribution in [0.4, 0.5) is 0 Å². The summed E-state index contributed by atoms with van der Waals surface area (Å²) < 4.78 is 5.44. The lowest BCUT2D eigenvalue weighted by Gasteiger charge is -2.36. The maximum atomic E-state index is 5.44. The lowest BCUT2D eigenvalue weighted by atomic mass is 9.93. The SMILES string of the molecule is COC1CCN(CC2NCCc3ccccc32)CC1. The lowest BCUT2D eigenvalue weighted by molar-refractivity contribution is 0.0381. The predicted molar refractivity (Wildman–Crippen MR) is 77.4 cm³/mol. The molecule has 1 aromatic rings. The van der Waals surface area contributed by atoms with Crippen molar-refractivity contribution >= 4 is 0 Å². The molecule has 1 unspecified atom stereocenters. The van der Waals surface area contributed by atoms with Crippen molar-refractivity contribution in [3.8, 4) is 0 Å². The minimum atomic E-state index is 0.475. The molecule has 0 aromatic heterocycles. The Hall–Kier alpha value is -0.900. The Balaban J connectivity index is 1.62. The van der Waals surface area contributed by atoms with Gasteiger partial charge >= 0.3 is 0 Å². The Bertz CT molecular complexity index is 413. The highest BCUT2D eigenvalue weighted by Crippen LogP contribution is 2.24. The number of hydrogen-bond acceptors (Lipinski definition) is 3. The van der Waals surface area contributed by atoms with Gasteiger partial charge in [-0.25, -0.2) is 0 Å². The van der Waals surface area contributed by atoms with Crippen molar-refractivity contribution < 1.29 is 4.74 Å². The van der Waals surface area contributed by atoms with Crippen molar-refractivity contribution in [1.29, 1.82) is 0 Å². The van der Waals surface area contributed by atoms with Crippen molar-refractivity contribution in [2.45, 2.75) is 31.4 Å². The normalized spacial score (nSPS) is 25.2. The number of piperidine rings is 1. The van der Waals surface area contributed by atoms with Crippen molar-refractivity contribution in [2.75, 3.05) is 33.3 Å². The maximum Gasteiger partial charge on any atom is 0.0595 e. The highest BCUT2D eigenvalue weighted by molar-refractivity contribution is 5.32. The van der Waals surface area contributed by atoms with E-state index in [4.69, 9.17) is 4.74 Å². The van der Waals surface area contributed by atoms with Gasteiger partial charge in [0.1, 0.15) is 0 Å². The second-order valence-electron chi connectivity index (χ2n) is 5.69. The van der Waals surface area contributed by atoms with Crippen molar-refractivity contribution in [3.05, 3.63) is 35.4 Å². The molecule has 0 aliphatic carbocycles.